The van der Waals surface area contributed by atoms with Gasteiger partial charge < -0.3 is 10.5 Å². The minimum absolute atomic E-state index is 0.253. The Hall–Kier alpha value is -1.71. The van der Waals surface area contributed by atoms with Crippen LogP contribution in [0.25, 0.3) is 10.4 Å². The van der Waals surface area contributed by atoms with Crippen LogP contribution in [0.4, 0.5) is 0 Å². The number of para-hydroxylation sites is 1. The third-order valence-electron chi connectivity index (χ3n) is 1.59. The Morgan fingerprint density at radius 1 is 1.43 bits per heavy atom. The van der Waals surface area contributed by atoms with Gasteiger partial charge in [0, 0.05) is 17.5 Å². The number of hydrogen-bond acceptors (Lipinski definition) is 3. The van der Waals surface area contributed by atoms with Crippen molar-refractivity contribution in [2.24, 2.45) is 10.8 Å². The maximum Gasteiger partial charge on any atom is 0.119 e. The molecule has 0 heterocycles. The van der Waals surface area contributed by atoms with Gasteiger partial charge in [0.05, 0.1) is 0 Å². The molecule has 1 atom stereocenters. The summed E-state index contributed by atoms with van der Waals surface area (Å²) in [6.07, 6.45) is 0. The molecule has 2 N–H and O–H groups in total. The van der Waals surface area contributed by atoms with E-state index < -0.39 is 0 Å². The maximum absolute atomic E-state index is 8.06. The number of ether oxygens (including phenoxy) is 1. The molecule has 0 amide bonds. The normalized spacial score (nSPS) is 11.5. The van der Waals surface area contributed by atoms with E-state index in [-0.39, 0.29) is 12.6 Å². The van der Waals surface area contributed by atoms with Gasteiger partial charge in [-0.3, -0.25) is 0 Å². The molecular formula is C9H12N4O. The second kappa shape index (κ2) is 5.85. The molecule has 0 aliphatic carbocycles. The Bertz CT molecular complexity index is 308. The Morgan fingerprint density at radius 2 is 2.14 bits per heavy atom. The quantitative estimate of drug-likeness (QED) is 0.437. The molecule has 0 unspecified atom stereocenters. The molecule has 0 radical (unpaired) electrons. The van der Waals surface area contributed by atoms with Crippen molar-refractivity contribution in [3.63, 3.8) is 0 Å². The predicted octanol–water partition coefficient (Wildman–Crippen LogP) is 1.70. The van der Waals surface area contributed by atoms with Crippen molar-refractivity contribution in [3.8, 4) is 5.75 Å². The number of rotatable bonds is 5. The second-order valence-electron chi connectivity index (χ2n) is 2.80. The molecule has 0 bridgehead atoms. The van der Waals surface area contributed by atoms with Crippen LogP contribution >= 0.6 is 0 Å². The first kappa shape index (κ1) is 10.4. The highest BCUT2D eigenvalue weighted by Crippen LogP contribution is 2.07. The summed E-state index contributed by atoms with van der Waals surface area (Å²) in [6, 6.07) is 9.11. The van der Waals surface area contributed by atoms with E-state index >= 15 is 0 Å². The Morgan fingerprint density at radius 3 is 2.79 bits per heavy atom. The fourth-order valence-electron chi connectivity index (χ4n) is 0.914. The number of hydrogen-bond donors (Lipinski definition) is 1. The van der Waals surface area contributed by atoms with E-state index in [1.807, 2.05) is 30.3 Å². The largest absolute Gasteiger partial charge is 0.492 e. The van der Waals surface area contributed by atoms with Crippen molar-refractivity contribution >= 4 is 0 Å². The van der Waals surface area contributed by atoms with Gasteiger partial charge in [-0.1, -0.05) is 23.3 Å². The summed E-state index contributed by atoms with van der Waals surface area (Å²) in [6.45, 7) is 0.604. The first-order chi connectivity index (χ1) is 6.83. The molecule has 0 aliphatic heterocycles. The van der Waals surface area contributed by atoms with E-state index in [0.717, 1.165) is 5.75 Å². The summed E-state index contributed by atoms with van der Waals surface area (Å²) in [5.41, 5.74) is 13.7. The van der Waals surface area contributed by atoms with Crippen LogP contribution in [0.3, 0.4) is 0 Å². The van der Waals surface area contributed by atoms with E-state index in [9.17, 15) is 0 Å². The highest BCUT2D eigenvalue weighted by atomic mass is 16.5. The Kier molecular flexibility index (Phi) is 4.34. The molecule has 5 heteroatoms. The first-order valence-corrected chi connectivity index (χ1v) is 4.27. The average Bonchev–Trinajstić information content (AvgIpc) is 2.25. The fourth-order valence-corrected chi connectivity index (χ4v) is 0.914. The van der Waals surface area contributed by atoms with Gasteiger partial charge in [-0.2, -0.15) is 0 Å². The summed E-state index contributed by atoms with van der Waals surface area (Å²) >= 11 is 0. The topological polar surface area (TPSA) is 84.0 Å². The van der Waals surface area contributed by atoms with Gasteiger partial charge in [-0.05, 0) is 17.7 Å². The highest BCUT2D eigenvalue weighted by molar-refractivity contribution is 5.20. The van der Waals surface area contributed by atoms with Crippen molar-refractivity contribution in [2.45, 2.75) is 6.04 Å². The van der Waals surface area contributed by atoms with E-state index in [0.29, 0.717) is 6.61 Å². The van der Waals surface area contributed by atoms with Crippen molar-refractivity contribution in [2.75, 3.05) is 13.2 Å². The standard InChI is InChI=1S/C9H12N4O/c10-8(6-12-13-11)7-14-9-4-2-1-3-5-9/h1-5,8H,6-7,10H2/t8-/m1/s1. The molecule has 0 spiro atoms. The van der Waals surface area contributed by atoms with Crippen LogP contribution in [0.5, 0.6) is 5.75 Å². The van der Waals surface area contributed by atoms with Gasteiger partial charge in [-0.15, -0.1) is 0 Å². The molecule has 0 saturated heterocycles. The number of benzene rings is 1. The van der Waals surface area contributed by atoms with Crippen molar-refractivity contribution < 1.29 is 4.74 Å². The molecule has 0 aromatic heterocycles. The van der Waals surface area contributed by atoms with E-state index in [4.69, 9.17) is 16.0 Å². The first-order valence-electron chi connectivity index (χ1n) is 4.27. The number of nitrogens with two attached hydrogens (primary N) is 1. The summed E-state index contributed by atoms with van der Waals surface area (Å²) in [4.78, 5) is 2.62. The minimum atomic E-state index is -0.258. The van der Waals surface area contributed by atoms with Gasteiger partial charge in [0.2, 0.25) is 0 Å². The monoisotopic (exact) mass is 192 g/mol. The van der Waals surface area contributed by atoms with Gasteiger partial charge in [0.15, 0.2) is 0 Å². The summed E-state index contributed by atoms with van der Waals surface area (Å²) < 4.78 is 5.36. The number of nitrogens with zero attached hydrogens (tertiary/aromatic N) is 3. The highest BCUT2D eigenvalue weighted by Gasteiger charge is 2.01. The molecule has 74 valence electrons. The van der Waals surface area contributed by atoms with Gasteiger partial charge >= 0.3 is 0 Å². The van der Waals surface area contributed by atoms with Gasteiger partial charge in [-0.25, -0.2) is 0 Å². The molecule has 5 nitrogen and oxygen atoms in total. The van der Waals surface area contributed by atoms with E-state index in [1.165, 1.54) is 0 Å². The molecule has 14 heavy (non-hydrogen) atoms. The molecule has 0 fully saturated rings. The van der Waals surface area contributed by atoms with Gasteiger partial charge in [0.1, 0.15) is 12.4 Å². The molecule has 0 aliphatic rings. The van der Waals surface area contributed by atoms with Crippen LogP contribution < -0.4 is 10.5 Å². The average molecular weight is 192 g/mol. The Balaban J connectivity index is 2.30. The SMILES string of the molecule is [N-]=[N+]=NC[C@@H](N)COc1ccccc1. The third kappa shape index (κ3) is 3.80. The molecule has 1 aromatic carbocycles. The van der Waals surface area contributed by atoms with Crippen LogP contribution in [0.1, 0.15) is 0 Å². The van der Waals surface area contributed by atoms with Crippen molar-refractivity contribution in [3.05, 3.63) is 40.8 Å². The Labute approximate surface area is 82.1 Å². The lowest BCUT2D eigenvalue weighted by molar-refractivity contribution is 0.291. The minimum Gasteiger partial charge on any atom is -0.492 e. The zero-order valence-electron chi connectivity index (χ0n) is 7.71. The predicted molar refractivity (Wildman–Crippen MR) is 53.9 cm³/mol. The van der Waals surface area contributed by atoms with Gasteiger partial charge in [0.25, 0.3) is 0 Å². The smallest absolute Gasteiger partial charge is 0.119 e. The van der Waals surface area contributed by atoms with Crippen LogP contribution in [-0.4, -0.2) is 19.2 Å². The molecule has 1 aromatic rings. The van der Waals surface area contributed by atoms with Crippen LogP contribution in [0, 0.1) is 0 Å². The zero-order chi connectivity index (χ0) is 10.2. The second-order valence-corrected chi connectivity index (χ2v) is 2.80. The van der Waals surface area contributed by atoms with E-state index in [2.05, 4.69) is 10.0 Å². The lowest BCUT2D eigenvalue weighted by Gasteiger charge is -2.10. The van der Waals surface area contributed by atoms with Crippen molar-refractivity contribution in [1.29, 1.82) is 0 Å². The lowest BCUT2D eigenvalue weighted by atomic mass is 10.3. The molecule has 0 saturated carbocycles. The lowest BCUT2D eigenvalue weighted by Crippen LogP contribution is -2.30. The van der Waals surface area contributed by atoms with Crippen LogP contribution in [-0.2, 0) is 0 Å². The fraction of sp³-hybridized carbons (Fsp3) is 0.333. The summed E-state index contributed by atoms with van der Waals surface area (Å²) in [5, 5.41) is 3.36. The third-order valence-corrected chi connectivity index (χ3v) is 1.59. The van der Waals surface area contributed by atoms with Crippen LogP contribution in [0.15, 0.2) is 35.4 Å². The van der Waals surface area contributed by atoms with Crippen LogP contribution in [0.2, 0.25) is 0 Å². The summed E-state index contributed by atoms with van der Waals surface area (Å²) in [7, 11) is 0. The molecular weight excluding hydrogens is 180 g/mol. The summed E-state index contributed by atoms with van der Waals surface area (Å²) in [5.74, 6) is 0.767. The number of azide groups is 1. The maximum atomic E-state index is 8.06. The zero-order valence-corrected chi connectivity index (χ0v) is 7.71. The van der Waals surface area contributed by atoms with Crippen molar-refractivity contribution in [1.82, 2.24) is 0 Å². The molecule has 1 rings (SSSR count). The van der Waals surface area contributed by atoms with E-state index in [1.54, 1.807) is 0 Å².